The summed E-state index contributed by atoms with van der Waals surface area (Å²) in [7, 11) is 0. The minimum atomic E-state index is 0.316. The topological polar surface area (TPSA) is 0 Å². The van der Waals surface area contributed by atoms with Crippen molar-refractivity contribution in [3.8, 4) is 12.3 Å². The summed E-state index contributed by atoms with van der Waals surface area (Å²) in [5, 5.41) is 0. The highest BCUT2D eigenvalue weighted by Gasteiger charge is 2.09. The van der Waals surface area contributed by atoms with Crippen LogP contribution < -0.4 is 0 Å². The molecule has 0 aromatic heterocycles. The van der Waals surface area contributed by atoms with Crippen molar-refractivity contribution in [1.29, 1.82) is 0 Å². The zero-order valence-electron chi connectivity index (χ0n) is 8.65. The SMILES string of the molecule is C#C/C=C(\C=C/C)C(I)c1ccccc1. The fourth-order valence-electron chi connectivity index (χ4n) is 1.31. The highest BCUT2D eigenvalue weighted by atomic mass is 127. The van der Waals surface area contributed by atoms with Gasteiger partial charge in [-0.15, -0.1) is 6.42 Å². The molecule has 15 heavy (non-hydrogen) atoms. The van der Waals surface area contributed by atoms with E-state index in [1.54, 1.807) is 0 Å². The molecule has 1 rings (SSSR count). The van der Waals surface area contributed by atoms with Gasteiger partial charge in [0.15, 0.2) is 0 Å². The molecule has 1 heteroatoms. The van der Waals surface area contributed by atoms with E-state index < -0.39 is 0 Å². The molecule has 0 fully saturated rings. The zero-order chi connectivity index (χ0) is 11.1. The first-order valence-electron chi connectivity index (χ1n) is 4.77. The number of allylic oxidation sites excluding steroid dienone is 4. The summed E-state index contributed by atoms with van der Waals surface area (Å²) in [6, 6.07) is 10.3. The van der Waals surface area contributed by atoms with Crippen molar-refractivity contribution in [2.24, 2.45) is 0 Å². The van der Waals surface area contributed by atoms with Crippen LogP contribution in [0.4, 0.5) is 0 Å². The van der Waals surface area contributed by atoms with Crippen molar-refractivity contribution < 1.29 is 0 Å². The van der Waals surface area contributed by atoms with Crippen molar-refractivity contribution in [2.45, 2.75) is 10.8 Å². The van der Waals surface area contributed by atoms with Crippen molar-refractivity contribution in [1.82, 2.24) is 0 Å². The third kappa shape index (κ3) is 3.56. The highest BCUT2D eigenvalue weighted by molar-refractivity contribution is 14.1. The Morgan fingerprint density at radius 2 is 2.07 bits per heavy atom. The van der Waals surface area contributed by atoms with Gasteiger partial charge in [-0.1, -0.05) is 71.0 Å². The number of alkyl halides is 1. The van der Waals surface area contributed by atoms with Gasteiger partial charge in [0.05, 0.1) is 3.92 Å². The van der Waals surface area contributed by atoms with Crippen molar-refractivity contribution >= 4 is 22.6 Å². The molecule has 1 aromatic carbocycles. The van der Waals surface area contributed by atoms with E-state index in [9.17, 15) is 0 Å². The van der Waals surface area contributed by atoms with E-state index in [1.165, 1.54) is 5.56 Å². The van der Waals surface area contributed by atoms with Gasteiger partial charge in [-0.05, 0) is 24.1 Å². The predicted octanol–water partition coefficient (Wildman–Crippen LogP) is 4.30. The van der Waals surface area contributed by atoms with Crippen LogP contribution >= 0.6 is 22.6 Å². The Bertz CT molecular complexity index is 393. The Kier molecular flexibility index (Phi) is 5.20. The van der Waals surface area contributed by atoms with Crippen LogP contribution in [0.1, 0.15) is 16.4 Å². The van der Waals surface area contributed by atoms with Crippen LogP contribution in [0.2, 0.25) is 0 Å². The summed E-state index contributed by atoms with van der Waals surface area (Å²) in [4.78, 5) is 0. The molecule has 0 aliphatic rings. The van der Waals surface area contributed by atoms with Gasteiger partial charge in [0.25, 0.3) is 0 Å². The van der Waals surface area contributed by atoms with E-state index in [1.807, 2.05) is 37.3 Å². The molecular weight excluding hydrogens is 295 g/mol. The van der Waals surface area contributed by atoms with Crippen molar-refractivity contribution in [3.63, 3.8) is 0 Å². The van der Waals surface area contributed by atoms with Gasteiger partial charge in [0.1, 0.15) is 0 Å². The first-order chi connectivity index (χ1) is 7.29. The average molecular weight is 308 g/mol. The van der Waals surface area contributed by atoms with Gasteiger partial charge in [-0.25, -0.2) is 0 Å². The molecule has 0 aliphatic carbocycles. The maximum absolute atomic E-state index is 5.31. The van der Waals surface area contributed by atoms with E-state index in [0.29, 0.717) is 3.92 Å². The lowest BCUT2D eigenvalue weighted by Gasteiger charge is -2.10. The van der Waals surface area contributed by atoms with Crippen LogP contribution in [0.15, 0.2) is 54.1 Å². The molecule has 0 radical (unpaired) electrons. The summed E-state index contributed by atoms with van der Waals surface area (Å²) >= 11 is 2.40. The predicted molar refractivity (Wildman–Crippen MR) is 74.9 cm³/mol. The molecule has 0 nitrogen and oxygen atoms in total. The molecule has 1 atom stereocenters. The largest absolute Gasteiger partial charge is 0.115 e. The van der Waals surface area contributed by atoms with Crippen LogP contribution in [0.3, 0.4) is 0 Å². The quantitative estimate of drug-likeness (QED) is 0.338. The Hall–Kier alpha value is -1.01. The normalized spacial score (nSPS) is 13.8. The van der Waals surface area contributed by atoms with E-state index in [2.05, 4.69) is 46.7 Å². The molecule has 1 unspecified atom stereocenters. The van der Waals surface area contributed by atoms with E-state index in [0.717, 1.165) is 5.57 Å². The van der Waals surface area contributed by atoms with Crippen LogP contribution in [0.25, 0.3) is 0 Å². The highest BCUT2D eigenvalue weighted by Crippen LogP contribution is 2.31. The van der Waals surface area contributed by atoms with Gasteiger partial charge in [-0.2, -0.15) is 0 Å². The van der Waals surface area contributed by atoms with Crippen LogP contribution in [0.5, 0.6) is 0 Å². The number of rotatable bonds is 3. The average Bonchev–Trinajstić information content (AvgIpc) is 2.29. The lowest BCUT2D eigenvalue weighted by Crippen LogP contribution is -1.91. The van der Waals surface area contributed by atoms with Crippen LogP contribution in [-0.2, 0) is 0 Å². The molecular formula is C14H13I. The molecule has 0 aliphatic heterocycles. The summed E-state index contributed by atoms with van der Waals surface area (Å²) < 4.78 is 0.316. The third-order valence-electron chi connectivity index (χ3n) is 1.99. The number of halogens is 1. The van der Waals surface area contributed by atoms with Gasteiger partial charge < -0.3 is 0 Å². The number of benzene rings is 1. The lowest BCUT2D eigenvalue weighted by atomic mass is 10.0. The van der Waals surface area contributed by atoms with Gasteiger partial charge in [-0.3, -0.25) is 0 Å². The third-order valence-corrected chi connectivity index (χ3v) is 3.43. The molecule has 0 saturated heterocycles. The molecule has 76 valence electrons. The molecule has 0 heterocycles. The molecule has 1 aromatic rings. The molecule has 0 saturated carbocycles. The van der Waals surface area contributed by atoms with Crippen molar-refractivity contribution in [3.05, 3.63) is 59.7 Å². The fraction of sp³-hybridized carbons (Fsp3) is 0.143. The molecule has 0 amide bonds. The number of terminal acetylenes is 1. The van der Waals surface area contributed by atoms with E-state index in [4.69, 9.17) is 6.42 Å². The Morgan fingerprint density at radius 3 is 2.60 bits per heavy atom. The minimum Gasteiger partial charge on any atom is -0.115 e. The molecule has 0 N–H and O–H groups in total. The van der Waals surface area contributed by atoms with Gasteiger partial charge >= 0.3 is 0 Å². The summed E-state index contributed by atoms with van der Waals surface area (Å²) in [5.41, 5.74) is 2.43. The van der Waals surface area contributed by atoms with Gasteiger partial charge in [0.2, 0.25) is 0 Å². The first-order valence-corrected chi connectivity index (χ1v) is 6.02. The van der Waals surface area contributed by atoms with Gasteiger partial charge in [0, 0.05) is 0 Å². The van der Waals surface area contributed by atoms with E-state index in [-0.39, 0.29) is 0 Å². The second-order valence-electron chi connectivity index (χ2n) is 3.08. The smallest absolute Gasteiger partial charge is 0.0614 e. The minimum absolute atomic E-state index is 0.316. The summed E-state index contributed by atoms with van der Waals surface area (Å²) in [6.07, 6.45) is 11.2. The Labute approximate surface area is 105 Å². The standard InChI is InChI=1S/C14H13I/c1-3-8-12(9-4-2)14(15)13-10-6-5-7-11-13/h1,4-11,14H,2H3/b9-4-,12-8+. The summed E-state index contributed by atoms with van der Waals surface area (Å²) in [5.74, 6) is 2.59. The number of hydrogen-bond donors (Lipinski definition) is 0. The molecule has 0 spiro atoms. The van der Waals surface area contributed by atoms with E-state index >= 15 is 0 Å². The zero-order valence-corrected chi connectivity index (χ0v) is 10.8. The van der Waals surface area contributed by atoms with Crippen LogP contribution in [-0.4, -0.2) is 0 Å². The first kappa shape index (κ1) is 12.1. The Balaban J connectivity index is 2.97. The summed E-state index contributed by atoms with van der Waals surface area (Å²) in [6.45, 7) is 2.00. The second-order valence-corrected chi connectivity index (χ2v) is 4.33. The maximum atomic E-state index is 5.31. The van der Waals surface area contributed by atoms with Crippen LogP contribution in [0, 0.1) is 12.3 Å². The second kappa shape index (κ2) is 6.47. The monoisotopic (exact) mass is 308 g/mol. The maximum Gasteiger partial charge on any atom is 0.0614 e. The number of hydrogen-bond acceptors (Lipinski definition) is 0. The van der Waals surface area contributed by atoms with Crippen molar-refractivity contribution in [2.75, 3.05) is 0 Å². The lowest BCUT2D eigenvalue weighted by molar-refractivity contribution is 1.20. The fourth-order valence-corrected chi connectivity index (χ4v) is 2.11. The molecule has 0 bridgehead atoms. The Morgan fingerprint density at radius 1 is 1.40 bits per heavy atom.